The Labute approximate surface area is 144 Å². The first-order valence-corrected chi connectivity index (χ1v) is 9.21. The molecule has 0 unspecified atom stereocenters. The highest BCUT2D eigenvalue weighted by Gasteiger charge is 2.34. The van der Waals surface area contributed by atoms with Gasteiger partial charge < -0.3 is 15.1 Å². The van der Waals surface area contributed by atoms with E-state index in [1.165, 1.54) is 6.42 Å². The number of rotatable bonds is 3. The number of aromatic amines is 2. The molecule has 0 spiro atoms. The van der Waals surface area contributed by atoms with Crippen LogP contribution in [0.1, 0.15) is 38.1 Å². The minimum absolute atomic E-state index is 0.0743. The van der Waals surface area contributed by atoms with Crippen molar-refractivity contribution in [2.75, 3.05) is 13.1 Å². The summed E-state index contributed by atoms with van der Waals surface area (Å²) in [7, 11) is 0. The Kier molecular flexibility index (Phi) is 3.46. The van der Waals surface area contributed by atoms with Gasteiger partial charge in [-0.25, -0.2) is 9.78 Å². The highest BCUT2D eigenvalue weighted by molar-refractivity contribution is 6.00. The zero-order valence-corrected chi connectivity index (χ0v) is 14.1. The van der Waals surface area contributed by atoms with E-state index in [1.807, 2.05) is 16.8 Å². The second-order valence-corrected chi connectivity index (χ2v) is 7.46. The smallest absolute Gasteiger partial charge is 0.326 e. The lowest BCUT2D eigenvalue weighted by Crippen LogP contribution is -2.49. The van der Waals surface area contributed by atoms with Gasteiger partial charge in [0.2, 0.25) is 0 Å². The first-order valence-electron chi connectivity index (χ1n) is 9.21. The molecule has 1 aliphatic heterocycles. The van der Waals surface area contributed by atoms with Crippen molar-refractivity contribution in [1.29, 1.82) is 0 Å². The summed E-state index contributed by atoms with van der Waals surface area (Å²) in [6.45, 7) is 1.63. The molecular weight excluding hydrogens is 318 g/mol. The van der Waals surface area contributed by atoms with E-state index in [4.69, 9.17) is 0 Å². The third-order valence-corrected chi connectivity index (χ3v) is 6.00. The second kappa shape index (κ2) is 5.71. The number of imidazole rings is 1. The molecule has 2 aliphatic rings. The Hall–Kier alpha value is -2.12. The number of H-pyrrole nitrogens is 2. The SMILES string of the molecule is O=c1[nH]c2cnc3[nH]ccc3c2n1[C@@H]1CCCN([C@H](O)C2CCC2)C1. The molecule has 0 bridgehead atoms. The molecule has 1 aliphatic carbocycles. The number of likely N-dealkylation sites (tertiary alicyclic amines) is 1. The average molecular weight is 341 g/mol. The predicted molar refractivity (Wildman–Crippen MR) is 95.4 cm³/mol. The zero-order valence-electron chi connectivity index (χ0n) is 14.1. The van der Waals surface area contributed by atoms with Crippen LogP contribution in [-0.2, 0) is 0 Å². The van der Waals surface area contributed by atoms with Crippen LogP contribution < -0.4 is 5.69 Å². The van der Waals surface area contributed by atoms with Crippen molar-refractivity contribution in [1.82, 2.24) is 24.4 Å². The van der Waals surface area contributed by atoms with Crippen molar-refractivity contribution < 1.29 is 5.11 Å². The van der Waals surface area contributed by atoms with E-state index in [-0.39, 0.29) is 18.0 Å². The molecule has 5 rings (SSSR count). The van der Waals surface area contributed by atoms with Gasteiger partial charge in [0.15, 0.2) is 0 Å². The summed E-state index contributed by atoms with van der Waals surface area (Å²) < 4.78 is 1.88. The molecule has 1 saturated carbocycles. The normalized spacial score (nSPS) is 24.0. The Bertz CT molecular complexity index is 967. The summed E-state index contributed by atoms with van der Waals surface area (Å²) in [5.41, 5.74) is 2.40. The van der Waals surface area contributed by atoms with Gasteiger partial charge in [-0.2, -0.15) is 0 Å². The molecular formula is C18H23N5O2. The van der Waals surface area contributed by atoms with E-state index < -0.39 is 0 Å². The number of hydrogen-bond acceptors (Lipinski definition) is 4. The predicted octanol–water partition coefficient (Wildman–Crippen LogP) is 1.96. The van der Waals surface area contributed by atoms with Crippen LogP contribution in [0.25, 0.3) is 22.1 Å². The largest absolute Gasteiger partial charge is 0.378 e. The van der Waals surface area contributed by atoms with Gasteiger partial charge in [0.25, 0.3) is 0 Å². The third kappa shape index (κ3) is 2.33. The number of hydrogen-bond donors (Lipinski definition) is 3. The first kappa shape index (κ1) is 15.2. The number of aliphatic hydroxyl groups excluding tert-OH is 1. The maximum Gasteiger partial charge on any atom is 0.326 e. The van der Waals surface area contributed by atoms with Gasteiger partial charge in [-0.3, -0.25) is 9.47 Å². The molecule has 3 N–H and O–H groups in total. The van der Waals surface area contributed by atoms with E-state index in [9.17, 15) is 9.90 Å². The van der Waals surface area contributed by atoms with E-state index in [2.05, 4.69) is 19.9 Å². The number of nitrogens with zero attached hydrogens (tertiary/aromatic N) is 3. The van der Waals surface area contributed by atoms with Crippen LogP contribution in [0.15, 0.2) is 23.3 Å². The van der Waals surface area contributed by atoms with Gasteiger partial charge >= 0.3 is 5.69 Å². The number of aliphatic hydroxyl groups is 1. The van der Waals surface area contributed by atoms with Crippen LogP contribution in [-0.4, -0.2) is 48.8 Å². The van der Waals surface area contributed by atoms with E-state index in [0.717, 1.165) is 60.8 Å². The lowest BCUT2D eigenvalue weighted by atomic mass is 9.83. The average Bonchev–Trinajstić information content (AvgIpc) is 3.16. The molecule has 132 valence electrons. The van der Waals surface area contributed by atoms with Gasteiger partial charge in [-0.1, -0.05) is 6.42 Å². The van der Waals surface area contributed by atoms with Crippen LogP contribution in [0, 0.1) is 5.92 Å². The lowest BCUT2D eigenvalue weighted by Gasteiger charge is -2.42. The minimum atomic E-state index is -0.369. The molecule has 0 radical (unpaired) electrons. The van der Waals surface area contributed by atoms with Gasteiger partial charge in [-0.15, -0.1) is 0 Å². The van der Waals surface area contributed by atoms with Gasteiger partial charge in [0.05, 0.1) is 23.3 Å². The molecule has 7 heteroatoms. The molecule has 4 heterocycles. The molecule has 1 saturated heterocycles. The van der Waals surface area contributed by atoms with Crippen LogP contribution in [0.2, 0.25) is 0 Å². The number of piperidine rings is 1. The summed E-state index contributed by atoms with van der Waals surface area (Å²) in [5.74, 6) is 0.402. The summed E-state index contributed by atoms with van der Waals surface area (Å²) in [6, 6.07) is 2.04. The second-order valence-electron chi connectivity index (χ2n) is 7.46. The van der Waals surface area contributed by atoms with Crippen molar-refractivity contribution in [3.8, 4) is 0 Å². The third-order valence-electron chi connectivity index (χ3n) is 6.00. The topological polar surface area (TPSA) is 89.9 Å². The molecule has 3 aromatic heterocycles. The Morgan fingerprint density at radius 2 is 2.16 bits per heavy atom. The maximum atomic E-state index is 12.7. The molecule has 2 fully saturated rings. The molecule has 2 atom stereocenters. The first-order chi connectivity index (χ1) is 12.2. The van der Waals surface area contributed by atoms with Crippen molar-refractivity contribution in [3.63, 3.8) is 0 Å². The van der Waals surface area contributed by atoms with Gasteiger partial charge in [-0.05, 0) is 37.7 Å². The Morgan fingerprint density at radius 3 is 2.96 bits per heavy atom. The number of nitrogens with one attached hydrogen (secondary N) is 2. The van der Waals surface area contributed by atoms with Crippen LogP contribution in [0.5, 0.6) is 0 Å². The van der Waals surface area contributed by atoms with Crippen molar-refractivity contribution in [2.24, 2.45) is 5.92 Å². The van der Waals surface area contributed by atoms with Gasteiger partial charge in [0.1, 0.15) is 11.9 Å². The summed E-state index contributed by atoms with van der Waals surface area (Å²) in [6.07, 6.45) is 8.60. The fraction of sp³-hybridized carbons (Fsp3) is 0.556. The van der Waals surface area contributed by atoms with Crippen molar-refractivity contribution in [3.05, 3.63) is 28.9 Å². The number of fused-ring (bicyclic) bond motifs is 3. The fourth-order valence-electron chi connectivity index (χ4n) is 4.44. The Morgan fingerprint density at radius 1 is 1.28 bits per heavy atom. The molecule has 0 amide bonds. The van der Waals surface area contributed by atoms with Crippen LogP contribution in [0.3, 0.4) is 0 Å². The quantitative estimate of drug-likeness (QED) is 0.679. The van der Waals surface area contributed by atoms with Crippen molar-refractivity contribution in [2.45, 2.75) is 44.4 Å². The number of aromatic nitrogens is 4. The van der Waals surface area contributed by atoms with Crippen molar-refractivity contribution >= 4 is 22.1 Å². The lowest BCUT2D eigenvalue weighted by molar-refractivity contribution is -0.0788. The fourth-order valence-corrected chi connectivity index (χ4v) is 4.44. The van der Waals surface area contributed by atoms with Crippen LogP contribution in [0.4, 0.5) is 0 Å². The molecule has 25 heavy (non-hydrogen) atoms. The van der Waals surface area contributed by atoms with Gasteiger partial charge in [0, 0.05) is 24.7 Å². The summed E-state index contributed by atoms with van der Waals surface area (Å²) >= 11 is 0. The standard InChI is InChI=1S/C18H23N5O2/c24-17(11-3-1-4-11)22-8-2-5-12(10-22)23-15-13-6-7-19-16(13)20-9-14(15)21-18(23)25/h6-7,9,11-12,17,24H,1-5,8,10H2,(H,19,20)(H,21,25)/t12-,17-/m1/s1. The zero-order chi connectivity index (χ0) is 17.0. The Balaban J connectivity index is 1.54. The molecule has 3 aromatic rings. The molecule has 0 aromatic carbocycles. The van der Waals surface area contributed by atoms with E-state index in [0.29, 0.717) is 5.92 Å². The minimum Gasteiger partial charge on any atom is -0.378 e. The monoisotopic (exact) mass is 341 g/mol. The maximum absolute atomic E-state index is 12.7. The number of pyridine rings is 1. The highest BCUT2D eigenvalue weighted by Crippen LogP contribution is 2.34. The summed E-state index contributed by atoms with van der Waals surface area (Å²) in [5, 5.41) is 11.6. The highest BCUT2D eigenvalue weighted by atomic mass is 16.3. The van der Waals surface area contributed by atoms with E-state index in [1.54, 1.807) is 6.20 Å². The van der Waals surface area contributed by atoms with E-state index >= 15 is 0 Å². The summed E-state index contributed by atoms with van der Waals surface area (Å²) in [4.78, 5) is 25.3. The molecule has 7 nitrogen and oxygen atoms in total. The van der Waals surface area contributed by atoms with Crippen LogP contribution >= 0.6 is 0 Å².